The number of carbonyl (C=O) groups is 1. The number of thioether (sulfide) groups is 1. The molecule has 0 saturated carbocycles. The predicted molar refractivity (Wildman–Crippen MR) is 81.6 cm³/mol. The molecule has 1 heterocycles. The SMILES string of the molecule is Cc1nc(CSCCC(=O)N(C)CCC(C)O)cs1. The maximum absolute atomic E-state index is 11.8. The molecule has 0 fully saturated rings. The summed E-state index contributed by atoms with van der Waals surface area (Å²) in [5, 5.41) is 12.3. The van der Waals surface area contributed by atoms with Crippen LogP contribution >= 0.6 is 23.1 Å². The molecule has 1 N–H and O–H groups in total. The first-order chi connectivity index (χ1) is 8.99. The summed E-state index contributed by atoms with van der Waals surface area (Å²) in [7, 11) is 1.79. The van der Waals surface area contributed by atoms with Crippen molar-refractivity contribution in [3.05, 3.63) is 16.1 Å². The van der Waals surface area contributed by atoms with E-state index in [-0.39, 0.29) is 12.0 Å². The van der Waals surface area contributed by atoms with Crippen molar-refractivity contribution in [1.82, 2.24) is 9.88 Å². The highest BCUT2D eigenvalue weighted by Crippen LogP contribution is 2.16. The van der Waals surface area contributed by atoms with Crippen LogP contribution in [-0.4, -0.2) is 46.3 Å². The summed E-state index contributed by atoms with van der Waals surface area (Å²) in [4.78, 5) is 17.9. The number of aromatic nitrogens is 1. The lowest BCUT2D eigenvalue weighted by atomic mass is 10.2. The lowest BCUT2D eigenvalue weighted by molar-refractivity contribution is -0.129. The van der Waals surface area contributed by atoms with Crippen molar-refractivity contribution >= 4 is 29.0 Å². The van der Waals surface area contributed by atoms with Gasteiger partial charge < -0.3 is 10.0 Å². The van der Waals surface area contributed by atoms with E-state index in [0.717, 1.165) is 22.2 Å². The van der Waals surface area contributed by atoms with E-state index >= 15 is 0 Å². The third kappa shape index (κ3) is 6.94. The Morgan fingerprint density at radius 3 is 2.95 bits per heavy atom. The number of aliphatic hydroxyl groups excluding tert-OH is 1. The van der Waals surface area contributed by atoms with E-state index in [1.807, 2.05) is 6.92 Å². The fraction of sp³-hybridized carbons (Fsp3) is 0.692. The Morgan fingerprint density at radius 1 is 1.63 bits per heavy atom. The highest BCUT2D eigenvalue weighted by atomic mass is 32.2. The van der Waals surface area contributed by atoms with Crippen molar-refractivity contribution in [1.29, 1.82) is 0 Å². The van der Waals surface area contributed by atoms with Crippen LogP contribution in [0.25, 0.3) is 0 Å². The molecule has 0 saturated heterocycles. The average Bonchev–Trinajstić information content (AvgIpc) is 2.77. The lowest BCUT2D eigenvalue weighted by Crippen LogP contribution is -2.29. The van der Waals surface area contributed by atoms with Gasteiger partial charge in [-0.15, -0.1) is 11.3 Å². The van der Waals surface area contributed by atoms with Crippen molar-refractivity contribution in [2.45, 2.75) is 38.5 Å². The first-order valence-corrected chi connectivity index (χ1v) is 8.43. The van der Waals surface area contributed by atoms with Crippen LogP contribution in [-0.2, 0) is 10.5 Å². The highest BCUT2D eigenvalue weighted by molar-refractivity contribution is 7.98. The van der Waals surface area contributed by atoms with Gasteiger partial charge in [-0.1, -0.05) is 0 Å². The first kappa shape index (κ1) is 16.5. The molecular formula is C13H22N2O2S2. The van der Waals surface area contributed by atoms with Gasteiger partial charge in [0.2, 0.25) is 5.91 Å². The zero-order valence-electron chi connectivity index (χ0n) is 11.8. The number of rotatable bonds is 8. The maximum Gasteiger partial charge on any atom is 0.223 e. The summed E-state index contributed by atoms with van der Waals surface area (Å²) in [6, 6.07) is 0. The average molecular weight is 302 g/mol. The van der Waals surface area contributed by atoms with E-state index in [4.69, 9.17) is 0 Å². The summed E-state index contributed by atoms with van der Waals surface area (Å²) >= 11 is 3.40. The van der Waals surface area contributed by atoms with Gasteiger partial charge in [0.1, 0.15) is 0 Å². The number of aryl methyl sites for hydroxylation is 1. The third-order valence-corrected chi connectivity index (χ3v) is 4.50. The largest absolute Gasteiger partial charge is 0.393 e. The monoisotopic (exact) mass is 302 g/mol. The van der Waals surface area contributed by atoms with E-state index in [1.54, 1.807) is 42.0 Å². The quantitative estimate of drug-likeness (QED) is 0.749. The molecule has 1 amide bonds. The Hall–Kier alpha value is -0.590. The van der Waals surface area contributed by atoms with E-state index in [2.05, 4.69) is 10.4 Å². The predicted octanol–water partition coefficient (Wildman–Crippen LogP) is 2.30. The van der Waals surface area contributed by atoms with Crippen LogP contribution in [0.2, 0.25) is 0 Å². The number of hydrogen-bond acceptors (Lipinski definition) is 5. The molecule has 1 aromatic heterocycles. The minimum atomic E-state index is -0.350. The molecular weight excluding hydrogens is 280 g/mol. The Morgan fingerprint density at radius 2 is 2.37 bits per heavy atom. The van der Waals surface area contributed by atoms with Gasteiger partial charge >= 0.3 is 0 Å². The Labute approximate surface area is 123 Å². The van der Waals surface area contributed by atoms with Crippen molar-refractivity contribution in [3.8, 4) is 0 Å². The van der Waals surface area contributed by atoms with Crippen molar-refractivity contribution in [2.75, 3.05) is 19.3 Å². The van der Waals surface area contributed by atoms with Crippen LogP contribution in [0, 0.1) is 6.92 Å². The van der Waals surface area contributed by atoms with Gasteiger partial charge in [-0.05, 0) is 20.3 Å². The molecule has 108 valence electrons. The van der Waals surface area contributed by atoms with Crippen molar-refractivity contribution in [2.24, 2.45) is 0 Å². The fourth-order valence-electron chi connectivity index (χ4n) is 1.51. The molecule has 0 aliphatic rings. The molecule has 1 rings (SSSR count). The summed E-state index contributed by atoms with van der Waals surface area (Å²) in [6.07, 6.45) is 0.829. The van der Waals surface area contributed by atoms with E-state index in [9.17, 15) is 9.90 Å². The minimum Gasteiger partial charge on any atom is -0.393 e. The number of carbonyl (C=O) groups excluding carboxylic acids is 1. The molecule has 19 heavy (non-hydrogen) atoms. The molecule has 6 heteroatoms. The van der Waals surface area contributed by atoms with Gasteiger partial charge in [-0.3, -0.25) is 4.79 Å². The van der Waals surface area contributed by atoms with Crippen molar-refractivity contribution < 1.29 is 9.90 Å². The summed E-state index contributed by atoms with van der Waals surface area (Å²) in [5.41, 5.74) is 1.10. The molecule has 0 aliphatic heterocycles. The number of thiazole rings is 1. The molecule has 4 nitrogen and oxygen atoms in total. The second-order valence-corrected chi connectivity index (χ2v) is 6.78. The summed E-state index contributed by atoms with van der Waals surface area (Å²) in [5.74, 6) is 1.83. The van der Waals surface area contributed by atoms with Crippen LogP contribution in [0.4, 0.5) is 0 Å². The third-order valence-electron chi connectivity index (χ3n) is 2.68. The van der Waals surface area contributed by atoms with E-state index in [0.29, 0.717) is 19.4 Å². The van der Waals surface area contributed by atoms with Crippen LogP contribution in [0.15, 0.2) is 5.38 Å². The van der Waals surface area contributed by atoms with Crippen molar-refractivity contribution in [3.63, 3.8) is 0 Å². The first-order valence-electron chi connectivity index (χ1n) is 6.40. The lowest BCUT2D eigenvalue weighted by Gasteiger charge is -2.17. The smallest absolute Gasteiger partial charge is 0.223 e. The number of nitrogens with zero attached hydrogens (tertiary/aromatic N) is 2. The Bertz CT molecular complexity index is 394. The maximum atomic E-state index is 11.8. The van der Waals surface area contributed by atoms with E-state index < -0.39 is 0 Å². The number of amides is 1. The second-order valence-electron chi connectivity index (χ2n) is 4.61. The van der Waals surface area contributed by atoms with Gasteiger partial charge in [-0.25, -0.2) is 4.98 Å². The molecule has 0 bridgehead atoms. The fourth-order valence-corrected chi connectivity index (χ4v) is 3.05. The molecule has 1 atom stereocenters. The summed E-state index contributed by atoms with van der Waals surface area (Å²) < 4.78 is 0. The van der Waals surface area contributed by atoms with Gasteiger partial charge in [0.15, 0.2) is 0 Å². The van der Waals surface area contributed by atoms with Gasteiger partial charge in [0.25, 0.3) is 0 Å². The highest BCUT2D eigenvalue weighted by Gasteiger charge is 2.09. The molecule has 1 unspecified atom stereocenters. The van der Waals surface area contributed by atoms with Gasteiger partial charge in [-0.2, -0.15) is 11.8 Å². The van der Waals surface area contributed by atoms with E-state index in [1.165, 1.54) is 0 Å². The minimum absolute atomic E-state index is 0.141. The van der Waals surface area contributed by atoms with Crippen LogP contribution in [0.1, 0.15) is 30.5 Å². The number of hydrogen-bond donors (Lipinski definition) is 1. The zero-order chi connectivity index (χ0) is 14.3. The van der Waals surface area contributed by atoms with Crippen LogP contribution in [0.3, 0.4) is 0 Å². The normalized spacial score (nSPS) is 12.4. The van der Waals surface area contributed by atoms with Gasteiger partial charge in [0, 0.05) is 36.9 Å². The van der Waals surface area contributed by atoms with Crippen LogP contribution in [0.5, 0.6) is 0 Å². The second kappa shape index (κ2) is 8.55. The van der Waals surface area contributed by atoms with Gasteiger partial charge in [0.05, 0.1) is 16.8 Å². The van der Waals surface area contributed by atoms with Crippen LogP contribution < -0.4 is 0 Å². The summed E-state index contributed by atoms with van der Waals surface area (Å²) in [6.45, 7) is 4.36. The standard InChI is InChI=1S/C13H22N2O2S2/c1-10(16)4-6-15(3)13(17)5-7-18-8-12-9-19-11(2)14-12/h9-10,16H,4-8H2,1-3H3. The molecule has 0 aliphatic carbocycles. The number of aliphatic hydroxyl groups is 1. The molecule has 0 radical (unpaired) electrons. The zero-order valence-corrected chi connectivity index (χ0v) is 13.4. The molecule has 1 aromatic rings. The Balaban J connectivity index is 2.12. The molecule has 0 spiro atoms. The topological polar surface area (TPSA) is 53.4 Å². The Kier molecular flexibility index (Phi) is 7.41. The molecule has 0 aromatic carbocycles.